The minimum atomic E-state index is -0.180. The van der Waals surface area contributed by atoms with Crippen LogP contribution in [0.15, 0.2) is 51.5 Å². The van der Waals surface area contributed by atoms with E-state index in [9.17, 15) is 9.59 Å². The van der Waals surface area contributed by atoms with Gasteiger partial charge in [-0.25, -0.2) is 0 Å². The molecule has 9 heteroatoms. The zero-order chi connectivity index (χ0) is 21.6. The van der Waals surface area contributed by atoms with Gasteiger partial charge >= 0.3 is 0 Å². The molecule has 3 N–H and O–H groups in total. The molecule has 0 bridgehead atoms. The fraction of sp³-hybridized carbons (Fsp3) is 0.364. The number of rotatable bonds is 10. The zero-order valence-electron chi connectivity index (χ0n) is 17.4. The van der Waals surface area contributed by atoms with Crippen molar-refractivity contribution in [1.82, 2.24) is 15.5 Å². The summed E-state index contributed by atoms with van der Waals surface area (Å²) in [6.45, 7) is 3.44. The Bertz CT molecular complexity index is 1030. The number of amides is 2. The van der Waals surface area contributed by atoms with Gasteiger partial charge in [-0.15, -0.1) is 10.2 Å². The van der Waals surface area contributed by atoms with Gasteiger partial charge in [0.2, 0.25) is 0 Å². The van der Waals surface area contributed by atoms with Crippen LogP contribution in [0.3, 0.4) is 0 Å². The van der Waals surface area contributed by atoms with E-state index in [1.54, 1.807) is 42.7 Å². The number of carbonyl (C=O) groups excluding carboxylic acids is 2. The molecule has 0 spiro atoms. The monoisotopic (exact) mass is 424 g/mol. The van der Waals surface area contributed by atoms with Crippen LogP contribution in [-0.2, 0) is 11.3 Å². The second-order valence-corrected chi connectivity index (χ2v) is 7.67. The van der Waals surface area contributed by atoms with Gasteiger partial charge in [-0.3, -0.25) is 9.59 Å². The summed E-state index contributed by atoms with van der Waals surface area (Å²) in [4.78, 5) is 26.2. The molecule has 1 aliphatic rings. The number of benzene rings is 1. The maximum atomic E-state index is 12.7. The lowest BCUT2D eigenvalue weighted by Gasteiger charge is -2.17. The zero-order valence-corrected chi connectivity index (χ0v) is 17.4. The van der Waals surface area contributed by atoms with Crippen LogP contribution < -0.4 is 15.5 Å². The maximum Gasteiger partial charge on any atom is 0.283 e. The highest BCUT2D eigenvalue weighted by Gasteiger charge is 2.25. The van der Waals surface area contributed by atoms with Gasteiger partial charge in [0.25, 0.3) is 23.6 Å². The predicted molar refractivity (Wildman–Crippen MR) is 112 cm³/mol. The molecule has 2 aromatic heterocycles. The van der Waals surface area contributed by atoms with Crippen molar-refractivity contribution in [3.05, 3.63) is 54.1 Å². The van der Waals surface area contributed by atoms with Gasteiger partial charge in [0.1, 0.15) is 0 Å². The van der Waals surface area contributed by atoms with Gasteiger partial charge in [-0.05, 0) is 43.5 Å². The molecule has 0 radical (unpaired) electrons. The number of nitrogens with zero attached hydrogens (tertiary/aromatic N) is 2. The van der Waals surface area contributed by atoms with Gasteiger partial charge in [0, 0.05) is 6.04 Å². The minimum absolute atomic E-state index is 0.160. The Morgan fingerprint density at radius 3 is 2.74 bits per heavy atom. The molecule has 162 valence electrons. The second kappa shape index (κ2) is 9.57. The van der Waals surface area contributed by atoms with E-state index in [0.717, 1.165) is 30.7 Å². The Kier molecular flexibility index (Phi) is 6.42. The number of hydrogen-bond donors (Lipinski definition) is 3. The SMILES string of the molecule is CCC[NH+](CC(=O)Nc1ccccc1C(=O)NC1CC1)Cc1nnc(-c2ccco2)o1. The van der Waals surface area contributed by atoms with E-state index < -0.39 is 0 Å². The smallest absolute Gasteiger partial charge is 0.283 e. The third kappa shape index (κ3) is 5.58. The molecule has 1 atom stereocenters. The van der Waals surface area contributed by atoms with Crippen molar-refractivity contribution < 1.29 is 23.3 Å². The number of quaternary nitrogens is 1. The molecule has 0 aliphatic heterocycles. The molecule has 0 saturated heterocycles. The van der Waals surface area contributed by atoms with Crippen LogP contribution in [0.2, 0.25) is 0 Å². The number of anilines is 1. The molecule has 1 saturated carbocycles. The Labute approximate surface area is 179 Å². The first-order valence-corrected chi connectivity index (χ1v) is 10.5. The standard InChI is InChI=1S/C22H25N5O4/c1-2-11-27(14-20-25-26-22(31-20)18-8-5-12-30-18)13-19(28)24-17-7-4-3-6-16(17)21(29)23-15-9-10-15/h3-8,12,15H,2,9-11,13-14H2,1H3,(H,23,29)(H,24,28)/p+1. The van der Waals surface area contributed by atoms with Crippen LogP contribution in [0.25, 0.3) is 11.7 Å². The molecule has 4 rings (SSSR count). The lowest BCUT2D eigenvalue weighted by atomic mass is 10.1. The van der Waals surface area contributed by atoms with E-state index in [-0.39, 0.29) is 24.4 Å². The van der Waals surface area contributed by atoms with E-state index in [2.05, 4.69) is 27.8 Å². The van der Waals surface area contributed by atoms with Gasteiger partial charge in [0.05, 0.1) is 24.1 Å². The van der Waals surface area contributed by atoms with E-state index in [4.69, 9.17) is 8.83 Å². The lowest BCUT2D eigenvalue weighted by molar-refractivity contribution is -0.907. The molecule has 9 nitrogen and oxygen atoms in total. The Morgan fingerprint density at radius 1 is 1.16 bits per heavy atom. The summed E-state index contributed by atoms with van der Waals surface area (Å²) in [6.07, 6.45) is 4.45. The fourth-order valence-electron chi connectivity index (χ4n) is 3.33. The summed E-state index contributed by atoms with van der Waals surface area (Å²) in [5.74, 6) is 0.922. The van der Waals surface area contributed by atoms with Crippen LogP contribution >= 0.6 is 0 Å². The number of hydrogen-bond acceptors (Lipinski definition) is 6. The number of aromatic nitrogens is 2. The van der Waals surface area contributed by atoms with E-state index >= 15 is 0 Å². The van der Waals surface area contributed by atoms with E-state index in [0.29, 0.717) is 35.3 Å². The van der Waals surface area contributed by atoms with Crippen LogP contribution in [0.4, 0.5) is 5.69 Å². The first-order chi connectivity index (χ1) is 15.1. The van der Waals surface area contributed by atoms with Crippen LogP contribution in [0.1, 0.15) is 42.4 Å². The van der Waals surface area contributed by atoms with Crippen molar-refractivity contribution in [3.63, 3.8) is 0 Å². The van der Waals surface area contributed by atoms with Crippen molar-refractivity contribution in [2.75, 3.05) is 18.4 Å². The molecule has 2 heterocycles. The number of carbonyl (C=O) groups is 2. The molecule has 31 heavy (non-hydrogen) atoms. The Balaban J connectivity index is 1.38. The van der Waals surface area contributed by atoms with Gasteiger partial charge in [-0.2, -0.15) is 0 Å². The van der Waals surface area contributed by atoms with Crippen molar-refractivity contribution >= 4 is 17.5 Å². The van der Waals surface area contributed by atoms with E-state index in [1.807, 2.05) is 0 Å². The molecule has 1 aliphatic carbocycles. The summed E-state index contributed by atoms with van der Waals surface area (Å²) in [6, 6.07) is 10.8. The summed E-state index contributed by atoms with van der Waals surface area (Å²) < 4.78 is 11.0. The molecular weight excluding hydrogens is 398 g/mol. The van der Waals surface area contributed by atoms with Crippen molar-refractivity contribution in [2.45, 2.75) is 38.8 Å². The molecular formula is C22H26N5O4+. The minimum Gasteiger partial charge on any atom is -0.459 e. The Morgan fingerprint density at radius 2 is 2.00 bits per heavy atom. The van der Waals surface area contributed by atoms with Crippen molar-refractivity contribution in [3.8, 4) is 11.7 Å². The number of furan rings is 1. The van der Waals surface area contributed by atoms with Crippen molar-refractivity contribution in [2.24, 2.45) is 0 Å². The first-order valence-electron chi connectivity index (χ1n) is 10.5. The predicted octanol–water partition coefficient (Wildman–Crippen LogP) is 1.66. The average molecular weight is 424 g/mol. The molecule has 1 fully saturated rings. The number of para-hydroxylation sites is 1. The third-order valence-electron chi connectivity index (χ3n) is 4.97. The highest BCUT2D eigenvalue weighted by molar-refractivity contribution is 6.04. The van der Waals surface area contributed by atoms with Gasteiger partial charge < -0.3 is 24.4 Å². The normalized spacial score (nSPS) is 14.2. The number of nitrogens with one attached hydrogen (secondary N) is 3. The summed E-state index contributed by atoms with van der Waals surface area (Å²) in [5.41, 5.74) is 0.985. The quantitative estimate of drug-likeness (QED) is 0.456. The highest BCUT2D eigenvalue weighted by Crippen LogP contribution is 2.21. The Hall–Kier alpha value is -3.46. The van der Waals surface area contributed by atoms with Gasteiger partial charge in [-0.1, -0.05) is 19.1 Å². The first kappa shape index (κ1) is 20.8. The largest absolute Gasteiger partial charge is 0.459 e. The fourth-order valence-corrected chi connectivity index (χ4v) is 3.33. The summed E-state index contributed by atoms with van der Waals surface area (Å²) in [5, 5.41) is 13.9. The highest BCUT2D eigenvalue weighted by atomic mass is 16.4. The molecule has 1 aromatic carbocycles. The average Bonchev–Trinajstić information content (AvgIpc) is 3.20. The topological polar surface area (TPSA) is 115 Å². The molecule has 3 aromatic rings. The van der Waals surface area contributed by atoms with Crippen molar-refractivity contribution in [1.29, 1.82) is 0 Å². The van der Waals surface area contributed by atoms with Crippen LogP contribution in [0, 0.1) is 0 Å². The maximum absolute atomic E-state index is 12.7. The molecule has 2 amide bonds. The summed E-state index contributed by atoms with van der Waals surface area (Å²) in [7, 11) is 0. The van der Waals surface area contributed by atoms with Crippen LogP contribution in [-0.4, -0.2) is 41.1 Å². The lowest BCUT2D eigenvalue weighted by Crippen LogP contribution is -3.11. The van der Waals surface area contributed by atoms with E-state index in [1.165, 1.54) is 0 Å². The summed E-state index contributed by atoms with van der Waals surface area (Å²) >= 11 is 0. The second-order valence-electron chi connectivity index (χ2n) is 7.67. The van der Waals surface area contributed by atoms with Gasteiger partial charge in [0.15, 0.2) is 18.8 Å². The third-order valence-corrected chi connectivity index (χ3v) is 4.97. The van der Waals surface area contributed by atoms with Crippen LogP contribution in [0.5, 0.6) is 0 Å². The molecule has 1 unspecified atom stereocenters.